The van der Waals surface area contributed by atoms with Gasteiger partial charge in [-0.15, -0.1) is 5.09 Å². The molecule has 2 N–H and O–H groups in total. The Morgan fingerprint density at radius 1 is 0.731 bits per heavy atom. The summed E-state index contributed by atoms with van der Waals surface area (Å²) in [5, 5.41) is 3.23. The van der Waals surface area contributed by atoms with E-state index in [9.17, 15) is 0 Å². The first-order valence-corrected chi connectivity index (χ1v) is 15.0. The number of rotatable bonds is 0. The van der Waals surface area contributed by atoms with Crippen LogP contribution in [0.15, 0.2) is 9.03 Å². The second-order valence-electron chi connectivity index (χ2n) is 5.43. The van der Waals surface area contributed by atoms with E-state index in [1.807, 2.05) is 0 Å². The number of hydrogen-bond donors (Lipinski definition) is 2. The summed E-state index contributed by atoms with van der Waals surface area (Å²) in [6.07, 6.45) is 0.868. The lowest BCUT2D eigenvalue weighted by molar-refractivity contribution is 0.00552. The molecule has 2 bridgehead atoms. The maximum Gasteiger partial charge on any atom is 0.468 e. The van der Waals surface area contributed by atoms with Crippen LogP contribution in [0.4, 0.5) is 0 Å². The molecule has 0 amide bonds. The summed E-state index contributed by atoms with van der Waals surface area (Å²) in [5.41, 5.74) is 0. The molecular formula is C11H24Cl2N4O6P3+. The number of nitrogens with one attached hydrogen (secondary N) is 2. The third-order valence-corrected chi connectivity index (χ3v) is 14.5. The Balaban J connectivity index is 1.77. The predicted octanol–water partition coefficient (Wildman–Crippen LogP) is 3.74. The summed E-state index contributed by atoms with van der Waals surface area (Å²) in [5.74, 6) is 0. The molecule has 0 aromatic heterocycles. The average Bonchev–Trinajstić information content (AvgIpc) is 2.57. The minimum atomic E-state index is -2.95. The predicted molar refractivity (Wildman–Crippen MR) is 103 cm³/mol. The maximum atomic E-state index is 6.66. The summed E-state index contributed by atoms with van der Waals surface area (Å²) in [4.78, 5) is 3.01. The van der Waals surface area contributed by atoms with Crippen LogP contribution in [0.25, 0.3) is 0 Å². The molecule has 0 saturated carbocycles. The molecule has 152 valence electrons. The van der Waals surface area contributed by atoms with Crippen molar-refractivity contribution in [3.63, 3.8) is 0 Å². The summed E-state index contributed by atoms with van der Waals surface area (Å²) in [6, 6.07) is 0. The lowest BCUT2D eigenvalue weighted by atomic mass is 10.5. The Kier molecular flexibility index (Phi) is 8.62. The summed E-state index contributed by atoms with van der Waals surface area (Å²) >= 11 is 13.3. The number of hydrogen-bond acceptors (Lipinski definition) is 10. The molecule has 0 aromatic carbocycles. The van der Waals surface area contributed by atoms with Crippen molar-refractivity contribution < 1.29 is 27.8 Å². The van der Waals surface area contributed by atoms with E-state index in [4.69, 9.17) is 50.3 Å². The van der Waals surface area contributed by atoms with E-state index >= 15 is 0 Å². The molecule has 3 atom stereocenters. The molecule has 10 nitrogen and oxygen atoms in total. The molecule has 2 saturated heterocycles. The van der Waals surface area contributed by atoms with Crippen LogP contribution in [-0.4, -0.2) is 66.0 Å². The highest BCUT2D eigenvalue weighted by molar-refractivity contribution is 8.04. The van der Waals surface area contributed by atoms with E-state index in [1.54, 1.807) is 0 Å². The first-order valence-electron chi connectivity index (χ1n) is 8.31. The Morgan fingerprint density at radius 2 is 1.23 bits per heavy atom. The van der Waals surface area contributed by atoms with Gasteiger partial charge in [-0.1, -0.05) is 0 Å². The van der Waals surface area contributed by atoms with Crippen molar-refractivity contribution in [2.45, 2.75) is 6.42 Å². The summed E-state index contributed by atoms with van der Waals surface area (Å²) < 4.78 is 42.9. The molecule has 0 radical (unpaired) electrons. The number of halogens is 2. The highest BCUT2D eigenvalue weighted by Gasteiger charge is 2.54. The zero-order chi connectivity index (χ0) is 18.3. The monoisotopic (exact) mass is 471 g/mol. The average molecular weight is 472 g/mol. The Bertz CT molecular complexity index is 540. The van der Waals surface area contributed by atoms with Gasteiger partial charge in [0.05, 0.1) is 59.5 Å². The molecule has 0 aliphatic carbocycles. The second kappa shape index (κ2) is 10.3. The number of fused-ring (bicyclic) bond motifs is 2. The van der Waals surface area contributed by atoms with Gasteiger partial charge in [-0.3, -0.25) is 0 Å². The fourth-order valence-corrected chi connectivity index (χ4v) is 15.1. The van der Waals surface area contributed by atoms with Crippen LogP contribution in [0.1, 0.15) is 6.42 Å². The zero-order valence-corrected chi connectivity index (χ0v) is 18.4. The fraction of sp³-hybridized carbons (Fsp3) is 1.00. The van der Waals surface area contributed by atoms with Gasteiger partial charge in [0, 0.05) is 6.54 Å². The van der Waals surface area contributed by atoms with E-state index < -0.39 is 21.5 Å². The quantitative estimate of drug-likeness (QED) is 0.514. The van der Waals surface area contributed by atoms with Gasteiger partial charge >= 0.3 is 7.94 Å². The lowest BCUT2D eigenvalue weighted by Gasteiger charge is -2.31. The first-order chi connectivity index (χ1) is 12.5. The topological polar surface area (TPSA) is 104 Å². The molecule has 3 rings (SSSR count). The van der Waals surface area contributed by atoms with Crippen LogP contribution in [0, 0.1) is 0 Å². The van der Waals surface area contributed by atoms with Gasteiger partial charge in [0.2, 0.25) is 0 Å². The van der Waals surface area contributed by atoms with Crippen molar-refractivity contribution in [2.24, 2.45) is 9.03 Å². The minimum absolute atomic E-state index is 0.258. The molecule has 3 aliphatic rings. The van der Waals surface area contributed by atoms with Crippen molar-refractivity contribution in [2.75, 3.05) is 66.0 Å². The SMILES string of the molecule is Cl[P@]12=N[P+]3(N=[P@](Cl)(N1)OCCOCCOCCOCCO2)NCCCO3. The normalized spacial score (nSPS) is 41.2. The zero-order valence-electron chi connectivity index (χ0n) is 14.2. The second-order valence-corrected chi connectivity index (χ2v) is 14.6. The maximum absolute atomic E-state index is 6.66. The Hall–Kier alpha value is 1.15. The van der Waals surface area contributed by atoms with Crippen molar-refractivity contribution in [3.8, 4) is 0 Å². The van der Waals surface area contributed by atoms with Gasteiger partial charge in [-0.25, -0.2) is 0 Å². The highest BCUT2D eigenvalue weighted by Crippen LogP contribution is 2.82. The molecule has 1 spiro atoms. The van der Waals surface area contributed by atoms with Crippen molar-refractivity contribution in [1.82, 2.24) is 9.95 Å². The van der Waals surface area contributed by atoms with Gasteiger partial charge < -0.3 is 23.3 Å². The van der Waals surface area contributed by atoms with Gasteiger partial charge in [0.25, 0.3) is 13.6 Å². The smallest absolute Gasteiger partial charge is 0.377 e. The molecular weight excluding hydrogens is 448 g/mol. The molecule has 0 aromatic rings. The van der Waals surface area contributed by atoms with E-state index in [0.29, 0.717) is 46.2 Å². The van der Waals surface area contributed by atoms with E-state index in [1.165, 1.54) is 0 Å². The lowest BCUT2D eigenvalue weighted by Crippen LogP contribution is -2.26. The molecule has 1 unspecified atom stereocenters. The molecule has 2 fully saturated rings. The number of nitrogens with zero attached hydrogens (tertiary/aromatic N) is 2. The van der Waals surface area contributed by atoms with Crippen LogP contribution >= 0.6 is 44.0 Å². The van der Waals surface area contributed by atoms with Crippen LogP contribution in [0.2, 0.25) is 0 Å². The first kappa shape index (κ1) is 21.8. The number of ether oxygens (including phenoxy) is 3. The van der Waals surface area contributed by atoms with E-state index in [0.717, 1.165) is 13.0 Å². The molecule has 15 heteroatoms. The molecule has 26 heavy (non-hydrogen) atoms. The largest absolute Gasteiger partial charge is 0.468 e. The standard InChI is InChI=1S/C11H24Cl2N4O6P3/c12-24-15-25(13,17-26(16-24)14-2-1-3-23-26)22-11-9-20-7-5-18-4-6-19-8-10-21-24/h14-15H,1-11H2/q+1/t24-,25+,26?. The fourth-order valence-electron chi connectivity index (χ4n) is 2.26. The van der Waals surface area contributed by atoms with Gasteiger partial charge in [0.15, 0.2) is 0 Å². The van der Waals surface area contributed by atoms with Crippen LogP contribution < -0.4 is 9.95 Å². The summed E-state index contributed by atoms with van der Waals surface area (Å²) in [6.45, 7) is -1.50. The van der Waals surface area contributed by atoms with E-state index in [-0.39, 0.29) is 13.2 Å². The van der Waals surface area contributed by atoms with Crippen molar-refractivity contribution >= 4 is 44.0 Å². The molecule has 3 aliphatic heterocycles. The van der Waals surface area contributed by atoms with Crippen molar-refractivity contribution in [3.05, 3.63) is 0 Å². The van der Waals surface area contributed by atoms with Gasteiger partial charge in [-0.05, 0) is 37.9 Å². The third-order valence-electron chi connectivity index (χ3n) is 3.35. The van der Waals surface area contributed by atoms with Gasteiger partial charge in [0.1, 0.15) is 0 Å². The van der Waals surface area contributed by atoms with Crippen LogP contribution in [-0.2, 0) is 27.8 Å². The van der Waals surface area contributed by atoms with E-state index in [2.05, 4.69) is 19.0 Å². The van der Waals surface area contributed by atoms with Crippen LogP contribution in [0.3, 0.4) is 0 Å². The summed E-state index contributed by atoms with van der Waals surface area (Å²) in [7, 11) is -2.71. The van der Waals surface area contributed by atoms with Crippen LogP contribution in [0.5, 0.6) is 0 Å². The van der Waals surface area contributed by atoms with Gasteiger partial charge in [-0.2, -0.15) is 9.38 Å². The minimum Gasteiger partial charge on any atom is -0.377 e. The third kappa shape index (κ3) is 6.60. The Morgan fingerprint density at radius 3 is 1.69 bits per heavy atom. The highest BCUT2D eigenvalue weighted by atomic mass is 35.7. The van der Waals surface area contributed by atoms with Crippen molar-refractivity contribution in [1.29, 1.82) is 0 Å². The Labute approximate surface area is 163 Å². The molecule has 3 heterocycles.